The maximum atomic E-state index is 5.78. The van der Waals surface area contributed by atoms with Crippen molar-refractivity contribution >= 4 is 15.9 Å². The normalized spacial score (nSPS) is 12.2. The Balaban J connectivity index is 2.50. The molecule has 0 fully saturated rings. The monoisotopic (exact) mass is 347 g/mol. The number of nitrogens with one attached hydrogen (secondary N) is 1. The summed E-state index contributed by atoms with van der Waals surface area (Å²) in [5.41, 5.74) is 4.92. The fourth-order valence-electron chi connectivity index (χ4n) is 2.65. The van der Waals surface area contributed by atoms with Crippen LogP contribution in [0.2, 0.25) is 0 Å². The SMILES string of the molecule is CCOc1ccccc1C(NC)c1cc(C)c(Br)c(C)c1. The van der Waals surface area contributed by atoms with Crippen molar-refractivity contribution in [2.45, 2.75) is 26.8 Å². The number of aryl methyl sites for hydroxylation is 2. The van der Waals surface area contributed by atoms with Crippen molar-refractivity contribution in [3.8, 4) is 5.75 Å². The van der Waals surface area contributed by atoms with Crippen LogP contribution in [0.1, 0.15) is 35.2 Å². The van der Waals surface area contributed by atoms with E-state index in [2.05, 4.69) is 59.4 Å². The number of hydrogen-bond acceptors (Lipinski definition) is 2. The van der Waals surface area contributed by atoms with E-state index in [1.54, 1.807) is 0 Å². The molecule has 1 atom stereocenters. The van der Waals surface area contributed by atoms with Gasteiger partial charge in [-0.1, -0.05) is 46.3 Å². The van der Waals surface area contributed by atoms with Gasteiger partial charge in [-0.05, 0) is 50.6 Å². The largest absolute Gasteiger partial charge is 0.494 e. The minimum Gasteiger partial charge on any atom is -0.494 e. The second kappa shape index (κ2) is 7.10. The van der Waals surface area contributed by atoms with E-state index >= 15 is 0 Å². The highest BCUT2D eigenvalue weighted by Gasteiger charge is 2.17. The molecule has 2 nitrogen and oxygen atoms in total. The molecular weight excluding hydrogens is 326 g/mol. The van der Waals surface area contributed by atoms with Crippen molar-refractivity contribution in [1.29, 1.82) is 0 Å². The lowest BCUT2D eigenvalue weighted by molar-refractivity contribution is 0.334. The molecule has 0 aliphatic rings. The summed E-state index contributed by atoms with van der Waals surface area (Å²) in [7, 11) is 1.99. The van der Waals surface area contributed by atoms with Crippen LogP contribution in [0.3, 0.4) is 0 Å². The van der Waals surface area contributed by atoms with Gasteiger partial charge in [-0.15, -0.1) is 0 Å². The van der Waals surface area contributed by atoms with Gasteiger partial charge in [0.2, 0.25) is 0 Å². The Morgan fingerprint density at radius 1 is 1.14 bits per heavy atom. The molecule has 0 aliphatic carbocycles. The lowest BCUT2D eigenvalue weighted by atomic mass is 9.95. The number of halogens is 1. The van der Waals surface area contributed by atoms with Crippen LogP contribution < -0.4 is 10.1 Å². The number of rotatable bonds is 5. The van der Waals surface area contributed by atoms with E-state index in [1.807, 2.05) is 26.1 Å². The van der Waals surface area contributed by atoms with Crippen molar-refractivity contribution < 1.29 is 4.74 Å². The summed E-state index contributed by atoms with van der Waals surface area (Å²) in [6, 6.07) is 12.8. The molecule has 0 aromatic heterocycles. The van der Waals surface area contributed by atoms with Crippen LogP contribution in [0.25, 0.3) is 0 Å². The Labute approximate surface area is 135 Å². The van der Waals surface area contributed by atoms with Gasteiger partial charge >= 0.3 is 0 Å². The van der Waals surface area contributed by atoms with Gasteiger partial charge in [0.15, 0.2) is 0 Å². The quantitative estimate of drug-likeness (QED) is 0.840. The van der Waals surface area contributed by atoms with E-state index in [0.717, 1.165) is 5.75 Å². The lowest BCUT2D eigenvalue weighted by Gasteiger charge is -2.22. The van der Waals surface area contributed by atoms with E-state index in [9.17, 15) is 0 Å². The highest BCUT2D eigenvalue weighted by Crippen LogP contribution is 2.33. The van der Waals surface area contributed by atoms with Crippen molar-refractivity contribution in [2.75, 3.05) is 13.7 Å². The molecule has 1 unspecified atom stereocenters. The third-order valence-electron chi connectivity index (χ3n) is 3.61. The minimum absolute atomic E-state index is 0.123. The summed E-state index contributed by atoms with van der Waals surface area (Å²) < 4.78 is 6.96. The lowest BCUT2D eigenvalue weighted by Crippen LogP contribution is -2.19. The van der Waals surface area contributed by atoms with E-state index < -0.39 is 0 Å². The van der Waals surface area contributed by atoms with Crippen molar-refractivity contribution in [2.24, 2.45) is 0 Å². The summed E-state index contributed by atoms with van der Waals surface area (Å²) in [6.45, 7) is 6.94. The summed E-state index contributed by atoms with van der Waals surface area (Å²) in [6.07, 6.45) is 0. The van der Waals surface area contributed by atoms with Gasteiger partial charge in [0.1, 0.15) is 5.75 Å². The molecule has 0 amide bonds. The number of hydrogen-bond donors (Lipinski definition) is 1. The topological polar surface area (TPSA) is 21.3 Å². The molecule has 0 bridgehead atoms. The second-order valence-corrected chi connectivity index (χ2v) is 5.95. The third kappa shape index (κ3) is 3.47. The Morgan fingerprint density at radius 2 is 1.76 bits per heavy atom. The fourth-order valence-corrected chi connectivity index (χ4v) is 2.88. The number of para-hydroxylation sites is 1. The van der Waals surface area contributed by atoms with E-state index in [4.69, 9.17) is 4.74 Å². The molecule has 3 heteroatoms. The van der Waals surface area contributed by atoms with E-state index in [1.165, 1.54) is 26.7 Å². The molecule has 1 N–H and O–H groups in total. The molecule has 2 aromatic carbocycles. The van der Waals surface area contributed by atoms with Gasteiger partial charge in [0.25, 0.3) is 0 Å². The van der Waals surface area contributed by atoms with Crippen LogP contribution in [0.5, 0.6) is 5.75 Å². The van der Waals surface area contributed by atoms with Gasteiger partial charge in [-0.25, -0.2) is 0 Å². The molecule has 0 radical (unpaired) electrons. The second-order valence-electron chi connectivity index (χ2n) is 5.16. The predicted octanol–water partition coefficient (Wildman–Crippen LogP) is 4.77. The summed E-state index contributed by atoms with van der Waals surface area (Å²) >= 11 is 3.63. The van der Waals surface area contributed by atoms with Crippen molar-refractivity contribution in [1.82, 2.24) is 5.32 Å². The van der Waals surface area contributed by atoms with E-state index in [-0.39, 0.29) is 6.04 Å². The first kappa shape index (κ1) is 16.1. The Hall–Kier alpha value is -1.32. The van der Waals surface area contributed by atoms with Gasteiger partial charge in [-0.2, -0.15) is 0 Å². The molecular formula is C18H22BrNO. The Kier molecular flexibility index (Phi) is 5.43. The third-order valence-corrected chi connectivity index (χ3v) is 4.86. The Morgan fingerprint density at radius 3 is 2.33 bits per heavy atom. The molecule has 2 aromatic rings. The first-order chi connectivity index (χ1) is 10.1. The molecule has 112 valence electrons. The van der Waals surface area contributed by atoms with Crippen molar-refractivity contribution in [3.05, 3.63) is 63.1 Å². The van der Waals surface area contributed by atoms with Crippen molar-refractivity contribution in [3.63, 3.8) is 0 Å². The molecule has 0 saturated carbocycles. The minimum atomic E-state index is 0.123. The zero-order valence-electron chi connectivity index (χ0n) is 13.0. The van der Waals surface area contributed by atoms with Crippen LogP contribution in [-0.4, -0.2) is 13.7 Å². The van der Waals surface area contributed by atoms with Gasteiger partial charge in [-0.3, -0.25) is 0 Å². The first-order valence-corrected chi connectivity index (χ1v) is 8.03. The highest BCUT2D eigenvalue weighted by molar-refractivity contribution is 9.10. The highest BCUT2D eigenvalue weighted by atomic mass is 79.9. The zero-order chi connectivity index (χ0) is 15.4. The van der Waals surface area contributed by atoms with Crippen LogP contribution >= 0.6 is 15.9 Å². The maximum Gasteiger partial charge on any atom is 0.124 e. The standard InChI is InChI=1S/C18H22BrNO/c1-5-21-16-9-7-6-8-15(16)18(20-4)14-10-12(2)17(19)13(3)11-14/h6-11,18,20H,5H2,1-4H3. The molecule has 0 heterocycles. The Bertz CT molecular complexity index is 601. The van der Waals surface area contributed by atoms with Gasteiger partial charge in [0.05, 0.1) is 12.6 Å². The van der Waals surface area contributed by atoms with Crippen LogP contribution in [0.15, 0.2) is 40.9 Å². The average Bonchev–Trinajstić information content (AvgIpc) is 2.47. The first-order valence-electron chi connectivity index (χ1n) is 7.24. The molecule has 0 saturated heterocycles. The average molecular weight is 348 g/mol. The fraction of sp³-hybridized carbons (Fsp3) is 0.333. The molecule has 0 spiro atoms. The van der Waals surface area contributed by atoms with Gasteiger partial charge in [0, 0.05) is 10.0 Å². The molecule has 2 rings (SSSR count). The van der Waals surface area contributed by atoms with Crippen LogP contribution in [0, 0.1) is 13.8 Å². The maximum absolute atomic E-state index is 5.78. The number of benzene rings is 2. The van der Waals surface area contributed by atoms with Crippen LogP contribution in [-0.2, 0) is 0 Å². The molecule has 21 heavy (non-hydrogen) atoms. The van der Waals surface area contributed by atoms with Crippen LogP contribution in [0.4, 0.5) is 0 Å². The number of ether oxygens (including phenoxy) is 1. The zero-order valence-corrected chi connectivity index (χ0v) is 14.6. The van der Waals surface area contributed by atoms with Gasteiger partial charge < -0.3 is 10.1 Å². The van der Waals surface area contributed by atoms with E-state index in [0.29, 0.717) is 6.61 Å². The summed E-state index contributed by atoms with van der Waals surface area (Å²) in [5, 5.41) is 3.41. The predicted molar refractivity (Wildman–Crippen MR) is 92.1 cm³/mol. The summed E-state index contributed by atoms with van der Waals surface area (Å²) in [4.78, 5) is 0. The summed E-state index contributed by atoms with van der Waals surface area (Å²) in [5.74, 6) is 0.942. The smallest absolute Gasteiger partial charge is 0.124 e. The molecule has 0 aliphatic heterocycles.